The van der Waals surface area contributed by atoms with Gasteiger partial charge in [-0.05, 0) is 67.6 Å². The summed E-state index contributed by atoms with van der Waals surface area (Å²) in [5.74, 6) is -0.251. The van der Waals surface area contributed by atoms with Gasteiger partial charge in [-0.3, -0.25) is 4.79 Å². The molecule has 31 heavy (non-hydrogen) atoms. The predicted molar refractivity (Wildman–Crippen MR) is 113 cm³/mol. The summed E-state index contributed by atoms with van der Waals surface area (Å²) in [6.07, 6.45) is 1.54. The van der Waals surface area contributed by atoms with Crippen LogP contribution in [0.5, 0.6) is 0 Å². The van der Waals surface area contributed by atoms with E-state index in [9.17, 15) is 14.0 Å². The number of nitrogens with one attached hydrogen (secondary N) is 1. The van der Waals surface area contributed by atoms with Crippen molar-refractivity contribution in [3.05, 3.63) is 53.7 Å². The normalized spacial score (nSPS) is 16.0. The number of ether oxygens (including phenoxy) is 1. The number of amides is 2. The smallest absolute Gasteiger partial charge is 0.325 e. The molecule has 0 aliphatic carbocycles. The van der Waals surface area contributed by atoms with Crippen LogP contribution in [0, 0.1) is 12.7 Å². The van der Waals surface area contributed by atoms with Crippen molar-refractivity contribution < 1.29 is 23.1 Å². The molecule has 0 spiro atoms. The van der Waals surface area contributed by atoms with Crippen molar-refractivity contribution in [2.45, 2.75) is 32.7 Å². The molecular weight excluding hydrogens is 401 g/mol. The highest BCUT2D eigenvalue weighted by molar-refractivity contribution is 5.82. The lowest BCUT2D eigenvalue weighted by Crippen LogP contribution is -2.42. The molecule has 1 aromatic heterocycles. The number of urea groups is 1. The summed E-state index contributed by atoms with van der Waals surface area (Å²) in [4.78, 5) is 30.3. The number of halogens is 1. The van der Waals surface area contributed by atoms with Gasteiger partial charge in [-0.1, -0.05) is 12.1 Å². The highest BCUT2D eigenvalue weighted by Gasteiger charge is 2.33. The summed E-state index contributed by atoms with van der Waals surface area (Å²) in [7, 11) is 0. The fourth-order valence-electron chi connectivity index (χ4n) is 3.82. The lowest BCUT2D eigenvalue weighted by molar-refractivity contribution is -0.141. The van der Waals surface area contributed by atoms with Crippen molar-refractivity contribution in [3.63, 3.8) is 0 Å². The predicted octanol–water partition coefficient (Wildman–Crippen LogP) is 4.35. The second-order valence-corrected chi connectivity index (χ2v) is 7.51. The Morgan fingerprint density at radius 1 is 1.26 bits per heavy atom. The zero-order valence-electron chi connectivity index (χ0n) is 17.5. The van der Waals surface area contributed by atoms with Crippen LogP contribution in [0.4, 0.5) is 9.18 Å². The first-order chi connectivity index (χ1) is 15.0. The highest BCUT2D eigenvalue weighted by Crippen LogP contribution is 2.34. The van der Waals surface area contributed by atoms with Crippen molar-refractivity contribution in [1.29, 1.82) is 0 Å². The molecule has 7 nitrogen and oxygen atoms in total. The van der Waals surface area contributed by atoms with Crippen LogP contribution in [0.2, 0.25) is 0 Å². The number of aromatic nitrogens is 1. The van der Waals surface area contributed by atoms with E-state index in [0.717, 1.165) is 24.0 Å². The third-order valence-corrected chi connectivity index (χ3v) is 5.38. The molecule has 0 bridgehead atoms. The quantitative estimate of drug-likeness (QED) is 0.615. The zero-order chi connectivity index (χ0) is 22.0. The van der Waals surface area contributed by atoms with E-state index in [-0.39, 0.29) is 31.0 Å². The van der Waals surface area contributed by atoms with Crippen LogP contribution in [0.1, 0.15) is 37.3 Å². The summed E-state index contributed by atoms with van der Waals surface area (Å²) in [6.45, 7) is 4.09. The maximum absolute atomic E-state index is 13.6. The van der Waals surface area contributed by atoms with Crippen LogP contribution in [0.15, 0.2) is 40.8 Å². The van der Waals surface area contributed by atoms with E-state index in [0.29, 0.717) is 29.1 Å². The molecule has 8 heteroatoms. The van der Waals surface area contributed by atoms with E-state index in [4.69, 9.17) is 9.15 Å². The second-order valence-electron chi connectivity index (χ2n) is 7.51. The SMILES string of the molecule is CCOC(=O)CNC(=O)N1CCC[C@@H]1c1nc2cc(-c3ccc(F)c(C)c3)ccc2o1. The fourth-order valence-corrected chi connectivity index (χ4v) is 3.82. The fraction of sp³-hybridized carbons (Fsp3) is 0.348. The van der Waals surface area contributed by atoms with Crippen LogP contribution in [0.25, 0.3) is 22.2 Å². The molecule has 3 aromatic rings. The van der Waals surface area contributed by atoms with Gasteiger partial charge in [0.1, 0.15) is 23.9 Å². The van der Waals surface area contributed by atoms with Gasteiger partial charge < -0.3 is 19.4 Å². The lowest BCUT2D eigenvalue weighted by atomic mass is 10.0. The van der Waals surface area contributed by atoms with Gasteiger partial charge in [0.05, 0.1) is 6.61 Å². The molecule has 2 heterocycles. The van der Waals surface area contributed by atoms with E-state index in [1.54, 1.807) is 30.9 Å². The Balaban J connectivity index is 1.54. The Kier molecular flexibility index (Phi) is 5.88. The van der Waals surface area contributed by atoms with E-state index < -0.39 is 5.97 Å². The van der Waals surface area contributed by atoms with E-state index in [2.05, 4.69) is 10.3 Å². The number of benzene rings is 2. The van der Waals surface area contributed by atoms with Gasteiger partial charge in [0.15, 0.2) is 5.58 Å². The molecule has 1 aliphatic heterocycles. The molecule has 2 aromatic carbocycles. The van der Waals surface area contributed by atoms with E-state index in [1.807, 2.05) is 18.2 Å². The molecule has 4 rings (SSSR count). The Labute approximate surface area is 179 Å². The molecule has 0 radical (unpaired) electrons. The molecule has 162 valence electrons. The number of esters is 1. The number of carbonyl (C=O) groups excluding carboxylic acids is 2. The molecule has 1 aliphatic rings. The third kappa shape index (κ3) is 4.38. The van der Waals surface area contributed by atoms with Crippen LogP contribution in [-0.4, -0.2) is 41.6 Å². The maximum Gasteiger partial charge on any atom is 0.325 e. The monoisotopic (exact) mass is 425 g/mol. The largest absolute Gasteiger partial charge is 0.465 e. The van der Waals surface area contributed by atoms with Crippen molar-refractivity contribution in [1.82, 2.24) is 15.2 Å². The number of oxazole rings is 1. The average molecular weight is 425 g/mol. The summed E-state index contributed by atoms with van der Waals surface area (Å²) in [5.41, 5.74) is 3.68. The van der Waals surface area contributed by atoms with Gasteiger partial charge >= 0.3 is 12.0 Å². The Morgan fingerprint density at radius 3 is 2.81 bits per heavy atom. The maximum atomic E-state index is 13.6. The van der Waals surface area contributed by atoms with E-state index in [1.165, 1.54) is 6.07 Å². The summed E-state index contributed by atoms with van der Waals surface area (Å²) < 4.78 is 24.4. The minimum Gasteiger partial charge on any atom is -0.465 e. The number of rotatable bonds is 5. The van der Waals surface area contributed by atoms with Gasteiger partial charge in [-0.15, -0.1) is 0 Å². The summed E-state index contributed by atoms with van der Waals surface area (Å²) >= 11 is 0. The zero-order valence-corrected chi connectivity index (χ0v) is 17.5. The van der Waals surface area contributed by atoms with Gasteiger partial charge in [0, 0.05) is 6.54 Å². The standard InChI is InChI=1S/C23H24FN3O4/c1-3-30-21(28)13-25-23(29)27-10-4-5-19(27)22-26-18-12-16(7-9-20(18)31-22)15-6-8-17(24)14(2)11-15/h6-9,11-12,19H,3-5,10,13H2,1-2H3,(H,25,29)/t19-/m1/s1. The number of fused-ring (bicyclic) bond motifs is 1. The van der Waals surface area contributed by atoms with Crippen molar-refractivity contribution in [2.75, 3.05) is 19.7 Å². The van der Waals surface area contributed by atoms with Crippen LogP contribution in [-0.2, 0) is 9.53 Å². The first kappa shape index (κ1) is 20.8. The first-order valence-corrected chi connectivity index (χ1v) is 10.3. The molecule has 0 saturated carbocycles. The number of carbonyl (C=O) groups is 2. The average Bonchev–Trinajstić information content (AvgIpc) is 3.40. The molecular formula is C23H24FN3O4. The van der Waals surface area contributed by atoms with Gasteiger partial charge in [0.2, 0.25) is 5.89 Å². The van der Waals surface area contributed by atoms with Crippen LogP contribution in [0.3, 0.4) is 0 Å². The van der Waals surface area contributed by atoms with Gasteiger partial charge in [-0.2, -0.15) is 0 Å². The molecule has 1 fully saturated rings. The Hall–Kier alpha value is -3.42. The molecule has 1 saturated heterocycles. The van der Waals surface area contributed by atoms with Crippen LogP contribution >= 0.6 is 0 Å². The van der Waals surface area contributed by atoms with Crippen molar-refractivity contribution in [2.24, 2.45) is 0 Å². The number of likely N-dealkylation sites (tertiary alicyclic amines) is 1. The van der Waals surface area contributed by atoms with Gasteiger partial charge in [0.25, 0.3) is 0 Å². The number of aryl methyl sites for hydroxylation is 1. The highest BCUT2D eigenvalue weighted by atomic mass is 19.1. The third-order valence-electron chi connectivity index (χ3n) is 5.38. The van der Waals surface area contributed by atoms with Crippen LogP contribution < -0.4 is 5.32 Å². The number of hydrogen-bond acceptors (Lipinski definition) is 5. The molecule has 1 atom stereocenters. The lowest BCUT2D eigenvalue weighted by Gasteiger charge is -2.22. The minimum absolute atomic E-state index is 0.177. The second kappa shape index (κ2) is 8.75. The number of hydrogen-bond donors (Lipinski definition) is 1. The number of nitrogens with zero attached hydrogens (tertiary/aromatic N) is 2. The summed E-state index contributed by atoms with van der Waals surface area (Å²) in [6, 6.07) is 9.97. The summed E-state index contributed by atoms with van der Waals surface area (Å²) in [5, 5.41) is 2.60. The van der Waals surface area contributed by atoms with Gasteiger partial charge in [-0.25, -0.2) is 14.2 Å². The Morgan fingerprint density at radius 2 is 2.03 bits per heavy atom. The molecule has 0 unspecified atom stereocenters. The molecule has 2 amide bonds. The topological polar surface area (TPSA) is 84.7 Å². The van der Waals surface area contributed by atoms with E-state index >= 15 is 0 Å². The Bertz CT molecular complexity index is 1130. The minimum atomic E-state index is -0.475. The molecule has 1 N–H and O–H groups in total. The first-order valence-electron chi connectivity index (χ1n) is 10.3. The van der Waals surface area contributed by atoms with Crippen molar-refractivity contribution >= 4 is 23.1 Å². The van der Waals surface area contributed by atoms with Crippen molar-refractivity contribution in [3.8, 4) is 11.1 Å².